The third-order valence-electron chi connectivity index (χ3n) is 3.56. The molecule has 0 bridgehead atoms. The van der Waals surface area contributed by atoms with Crippen molar-refractivity contribution in [2.75, 3.05) is 18.9 Å². The Balaban J connectivity index is 1.99. The highest BCUT2D eigenvalue weighted by Gasteiger charge is 2.17. The van der Waals surface area contributed by atoms with Gasteiger partial charge in [0.25, 0.3) is 0 Å². The zero-order valence-corrected chi connectivity index (χ0v) is 14.1. The zero-order chi connectivity index (χ0) is 16.1. The predicted molar refractivity (Wildman–Crippen MR) is 90.2 cm³/mol. The Morgan fingerprint density at radius 3 is 2.55 bits per heavy atom. The van der Waals surface area contributed by atoms with E-state index in [0.717, 1.165) is 10.2 Å². The van der Waals surface area contributed by atoms with Gasteiger partial charge in [0, 0.05) is 16.1 Å². The lowest BCUT2D eigenvalue weighted by molar-refractivity contribution is -0.117. The van der Waals surface area contributed by atoms with Crippen LogP contribution in [0, 0.1) is 5.82 Å². The van der Waals surface area contributed by atoms with Crippen LogP contribution in [0.5, 0.6) is 0 Å². The number of hydrogen-bond donors (Lipinski definition) is 1. The molecule has 0 spiro atoms. The number of benzene rings is 2. The topological polar surface area (TPSA) is 32.3 Å². The number of carbonyl (C=O) groups excluding carboxylic acids is 1. The third kappa shape index (κ3) is 4.15. The first kappa shape index (κ1) is 16.6. The fourth-order valence-corrected chi connectivity index (χ4v) is 2.55. The van der Waals surface area contributed by atoms with Crippen molar-refractivity contribution in [3.8, 4) is 0 Å². The second-order valence-electron chi connectivity index (χ2n) is 5.14. The number of carbonyl (C=O) groups is 1. The predicted octanol–water partition coefficient (Wildman–Crippen LogP) is 4.22. The van der Waals surface area contributed by atoms with Crippen molar-refractivity contribution >= 4 is 27.5 Å². The van der Waals surface area contributed by atoms with E-state index in [1.54, 1.807) is 25.2 Å². The summed E-state index contributed by atoms with van der Waals surface area (Å²) in [5.74, 6) is -0.398. The number of halogens is 2. The highest BCUT2D eigenvalue weighted by Crippen LogP contribution is 2.23. The molecule has 5 heteroatoms. The number of para-hydroxylation sites is 1. The van der Waals surface area contributed by atoms with Gasteiger partial charge in [-0.25, -0.2) is 4.39 Å². The van der Waals surface area contributed by atoms with E-state index in [4.69, 9.17) is 0 Å². The highest BCUT2D eigenvalue weighted by atomic mass is 79.9. The number of nitrogens with zero attached hydrogens (tertiary/aromatic N) is 1. The molecule has 0 aromatic heterocycles. The van der Waals surface area contributed by atoms with Gasteiger partial charge in [0.2, 0.25) is 5.91 Å². The molecule has 0 aliphatic heterocycles. The van der Waals surface area contributed by atoms with E-state index in [2.05, 4.69) is 21.2 Å². The van der Waals surface area contributed by atoms with Gasteiger partial charge in [-0.15, -0.1) is 0 Å². The Labute approximate surface area is 138 Å². The first-order chi connectivity index (χ1) is 10.5. The molecule has 0 aliphatic rings. The van der Waals surface area contributed by atoms with Crippen molar-refractivity contribution in [2.45, 2.75) is 13.0 Å². The summed E-state index contributed by atoms with van der Waals surface area (Å²) < 4.78 is 14.6. The van der Waals surface area contributed by atoms with Crippen LogP contribution in [-0.2, 0) is 4.79 Å². The van der Waals surface area contributed by atoms with Gasteiger partial charge < -0.3 is 5.32 Å². The van der Waals surface area contributed by atoms with E-state index in [-0.39, 0.29) is 24.3 Å². The average Bonchev–Trinajstić information content (AvgIpc) is 2.49. The summed E-state index contributed by atoms with van der Waals surface area (Å²) in [7, 11) is 1.80. The van der Waals surface area contributed by atoms with Gasteiger partial charge in [-0.1, -0.05) is 30.3 Å². The first-order valence-electron chi connectivity index (χ1n) is 6.98. The second kappa shape index (κ2) is 7.51. The molecule has 1 amide bonds. The largest absolute Gasteiger partial charge is 0.324 e. The van der Waals surface area contributed by atoms with Gasteiger partial charge in [0.15, 0.2) is 0 Å². The van der Waals surface area contributed by atoms with Gasteiger partial charge in [0.1, 0.15) is 5.82 Å². The molecule has 1 N–H and O–H groups in total. The maximum absolute atomic E-state index is 13.8. The van der Waals surface area contributed by atoms with Crippen molar-refractivity contribution in [2.24, 2.45) is 0 Å². The lowest BCUT2D eigenvalue weighted by atomic mass is 10.1. The van der Waals surface area contributed by atoms with Crippen LogP contribution in [0.25, 0.3) is 0 Å². The maximum Gasteiger partial charge on any atom is 0.238 e. The molecular formula is C17H18BrFN2O. The smallest absolute Gasteiger partial charge is 0.238 e. The molecule has 0 fully saturated rings. The lowest BCUT2D eigenvalue weighted by Crippen LogP contribution is -2.32. The minimum absolute atomic E-state index is 0.141. The number of nitrogens with one attached hydrogen (secondary N) is 1. The SMILES string of the molecule is CC(c1ccccc1F)N(C)CC(=O)Nc1ccccc1Br. The third-order valence-corrected chi connectivity index (χ3v) is 4.25. The molecular weight excluding hydrogens is 347 g/mol. The maximum atomic E-state index is 13.8. The Bertz CT molecular complexity index is 663. The van der Waals surface area contributed by atoms with Crippen LogP contribution in [0.1, 0.15) is 18.5 Å². The molecule has 2 aromatic rings. The molecule has 0 saturated carbocycles. The van der Waals surface area contributed by atoms with E-state index in [1.165, 1.54) is 6.07 Å². The van der Waals surface area contributed by atoms with Crippen molar-refractivity contribution in [3.05, 3.63) is 64.4 Å². The van der Waals surface area contributed by atoms with Crippen LogP contribution in [0.2, 0.25) is 0 Å². The number of anilines is 1. The first-order valence-corrected chi connectivity index (χ1v) is 7.77. The molecule has 0 saturated heterocycles. The van der Waals surface area contributed by atoms with Crippen LogP contribution in [0.3, 0.4) is 0 Å². The summed E-state index contributed by atoms with van der Waals surface area (Å²) in [4.78, 5) is 13.9. The molecule has 0 aliphatic carbocycles. The minimum atomic E-state index is -0.256. The molecule has 0 heterocycles. The Morgan fingerprint density at radius 2 is 1.86 bits per heavy atom. The van der Waals surface area contributed by atoms with Crippen LogP contribution in [-0.4, -0.2) is 24.4 Å². The van der Waals surface area contributed by atoms with Crippen molar-refractivity contribution < 1.29 is 9.18 Å². The van der Waals surface area contributed by atoms with E-state index in [1.807, 2.05) is 36.1 Å². The minimum Gasteiger partial charge on any atom is -0.324 e. The van der Waals surface area contributed by atoms with Crippen LogP contribution in [0.15, 0.2) is 53.0 Å². The van der Waals surface area contributed by atoms with Crippen LogP contribution >= 0.6 is 15.9 Å². The van der Waals surface area contributed by atoms with Gasteiger partial charge >= 0.3 is 0 Å². The molecule has 116 valence electrons. The standard InChI is InChI=1S/C17H18BrFN2O/c1-12(13-7-3-5-9-15(13)19)21(2)11-17(22)20-16-10-6-4-8-14(16)18/h3-10,12H,11H2,1-2H3,(H,20,22). The molecule has 2 rings (SSSR count). The Morgan fingerprint density at radius 1 is 1.23 bits per heavy atom. The van der Waals surface area contributed by atoms with E-state index < -0.39 is 0 Å². The normalized spacial score (nSPS) is 12.2. The molecule has 3 nitrogen and oxygen atoms in total. The van der Waals surface area contributed by atoms with Crippen molar-refractivity contribution in [1.82, 2.24) is 4.90 Å². The van der Waals surface area contributed by atoms with Gasteiger partial charge in [-0.3, -0.25) is 9.69 Å². The van der Waals surface area contributed by atoms with Gasteiger partial charge in [-0.05, 0) is 48.1 Å². The Hall–Kier alpha value is -1.72. The number of rotatable bonds is 5. The average molecular weight is 365 g/mol. The fourth-order valence-electron chi connectivity index (χ4n) is 2.17. The summed E-state index contributed by atoms with van der Waals surface area (Å²) >= 11 is 3.39. The Kier molecular flexibility index (Phi) is 5.69. The van der Waals surface area contributed by atoms with Crippen molar-refractivity contribution in [1.29, 1.82) is 0 Å². The molecule has 1 unspecified atom stereocenters. The van der Waals surface area contributed by atoms with E-state index in [9.17, 15) is 9.18 Å². The van der Waals surface area contributed by atoms with Crippen molar-refractivity contribution in [3.63, 3.8) is 0 Å². The summed E-state index contributed by atoms with van der Waals surface area (Å²) in [6, 6.07) is 13.9. The second-order valence-corrected chi connectivity index (χ2v) is 5.99. The molecule has 0 radical (unpaired) electrons. The summed E-state index contributed by atoms with van der Waals surface area (Å²) in [5, 5.41) is 2.84. The molecule has 22 heavy (non-hydrogen) atoms. The molecule has 1 atom stereocenters. The number of amides is 1. The fraction of sp³-hybridized carbons (Fsp3) is 0.235. The van der Waals surface area contributed by atoms with E-state index >= 15 is 0 Å². The monoisotopic (exact) mass is 364 g/mol. The van der Waals surface area contributed by atoms with Gasteiger partial charge in [-0.2, -0.15) is 0 Å². The summed E-state index contributed by atoms with van der Waals surface area (Å²) in [5.41, 5.74) is 1.30. The van der Waals surface area contributed by atoms with Crippen LogP contribution in [0.4, 0.5) is 10.1 Å². The zero-order valence-electron chi connectivity index (χ0n) is 12.5. The summed E-state index contributed by atoms with van der Waals surface area (Å²) in [6.07, 6.45) is 0. The summed E-state index contributed by atoms with van der Waals surface area (Å²) in [6.45, 7) is 2.06. The number of hydrogen-bond acceptors (Lipinski definition) is 2. The van der Waals surface area contributed by atoms with Gasteiger partial charge in [0.05, 0.1) is 12.2 Å². The number of likely N-dealkylation sites (N-methyl/N-ethyl adjacent to an activating group) is 1. The lowest BCUT2D eigenvalue weighted by Gasteiger charge is -2.24. The molecule has 2 aromatic carbocycles. The highest BCUT2D eigenvalue weighted by molar-refractivity contribution is 9.10. The van der Waals surface area contributed by atoms with Crippen LogP contribution < -0.4 is 5.32 Å². The van der Waals surface area contributed by atoms with E-state index in [0.29, 0.717) is 5.56 Å². The quantitative estimate of drug-likeness (QED) is 0.861.